The molecule has 7 nitrogen and oxygen atoms in total. The molecule has 158 valence electrons. The van der Waals surface area contributed by atoms with E-state index in [0.29, 0.717) is 42.2 Å². The van der Waals surface area contributed by atoms with Crippen LogP contribution in [0.3, 0.4) is 0 Å². The number of carbonyl (C=O) groups excluding carboxylic acids is 2. The van der Waals surface area contributed by atoms with Gasteiger partial charge < -0.3 is 24.2 Å². The number of ether oxygens (including phenoxy) is 3. The minimum atomic E-state index is -0.748. The number of aliphatic hydroxyl groups excluding tert-OH is 1. The van der Waals surface area contributed by atoms with Crippen LogP contribution in [0.1, 0.15) is 23.6 Å². The highest BCUT2D eigenvalue weighted by atomic mass is 16.5. The Morgan fingerprint density at radius 1 is 1.03 bits per heavy atom. The molecular weight excluding hydrogens is 386 g/mol. The summed E-state index contributed by atoms with van der Waals surface area (Å²) in [7, 11) is 4.60. The van der Waals surface area contributed by atoms with Crippen molar-refractivity contribution >= 4 is 17.4 Å². The molecule has 1 aliphatic rings. The van der Waals surface area contributed by atoms with Gasteiger partial charge in [0.1, 0.15) is 17.3 Å². The molecule has 0 aromatic heterocycles. The lowest BCUT2D eigenvalue weighted by Crippen LogP contribution is -2.31. The first-order valence-corrected chi connectivity index (χ1v) is 9.58. The number of ketones is 1. The van der Waals surface area contributed by atoms with E-state index in [-0.39, 0.29) is 11.3 Å². The van der Waals surface area contributed by atoms with E-state index < -0.39 is 17.7 Å². The second kappa shape index (κ2) is 9.45. The molecule has 7 heteroatoms. The molecule has 1 aliphatic heterocycles. The van der Waals surface area contributed by atoms with Crippen LogP contribution in [0.5, 0.6) is 11.5 Å². The van der Waals surface area contributed by atoms with Crippen molar-refractivity contribution in [2.75, 3.05) is 34.5 Å². The molecule has 0 spiro atoms. The SMILES string of the molecule is COCCCN1C(=O)C(=O)/C(=C(\O)c2ccccc2OC)C1c1cccc(OC)c1. The normalized spacial score (nSPS) is 18.0. The van der Waals surface area contributed by atoms with Gasteiger partial charge in [-0.2, -0.15) is 0 Å². The maximum Gasteiger partial charge on any atom is 0.295 e. The van der Waals surface area contributed by atoms with Gasteiger partial charge in [0.15, 0.2) is 0 Å². The lowest BCUT2D eigenvalue weighted by atomic mass is 9.95. The largest absolute Gasteiger partial charge is 0.507 e. The first kappa shape index (κ1) is 21.4. The fourth-order valence-corrected chi connectivity index (χ4v) is 3.63. The van der Waals surface area contributed by atoms with Crippen LogP contribution in [0.15, 0.2) is 54.1 Å². The van der Waals surface area contributed by atoms with Crippen LogP contribution in [0.4, 0.5) is 0 Å². The molecule has 2 aromatic carbocycles. The van der Waals surface area contributed by atoms with Crippen molar-refractivity contribution in [3.63, 3.8) is 0 Å². The van der Waals surface area contributed by atoms with Gasteiger partial charge in [0.2, 0.25) is 0 Å². The van der Waals surface area contributed by atoms with Crippen molar-refractivity contribution in [2.24, 2.45) is 0 Å². The quantitative estimate of drug-likeness (QED) is 0.311. The number of rotatable bonds is 8. The zero-order chi connectivity index (χ0) is 21.7. The number of hydrogen-bond acceptors (Lipinski definition) is 6. The first-order valence-electron chi connectivity index (χ1n) is 9.58. The third-order valence-corrected chi connectivity index (χ3v) is 5.06. The highest BCUT2D eigenvalue weighted by Crippen LogP contribution is 2.41. The minimum absolute atomic E-state index is 0.0233. The molecule has 1 atom stereocenters. The summed E-state index contributed by atoms with van der Waals surface area (Å²) < 4.78 is 15.7. The number of carbonyl (C=O) groups is 2. The number of hydrogen-bond donors (Lipinski definition) is 1. The van der Waals surface area contributed by atoms with Crippen LogP contribution in [-0.2, 0) is 14.3 Å². The number of nitrogens with zero attached hydrogens (tertiary/aromatic N) is 1. The Morgan fingerprint density at radius 3 is 2.50 bits per heavy atom. The summed E-state index contributed by atoms with van der Waals surface area (Å²) in [6.07, 6.45) is 0.554. The van der Waals surface area contributed by atoms with Crippen LogP contribution >= 0.6 is 0 Å². The van der Waals surface area contributed by atoms with Gasteiger partial charge in [0, 0.05) is 20.3 Å². The van der Waals surface area contributed by atoms with Crippen molar-refractivity contribution in [1.29, 1.82) is 0 Å². The molecule has 1 saturated heterocycles. The average molecular weight is 411 g/mol. The molecule has 1 heterocycles. The number of Topliss-reactive ketones (excluding diaryl/α,β-unsaturated/α-hetero) is 1. The number of likely N-dealkylation sites (tertiary alicyclic amines) is 1. The molecule has 2 aromatic rings. The number of benzene rings is 2. The predicted molar refractivity (Wildman–Crippen MR) is 111 cm³/mol. The number of amides is 1. The van der Waals surface area contributed by atoms with Crippen LogP contribution in [0.2, 0.25) is 0 Å². The van der Waals surface area contributed by atoms with Gasteiger partial charge in [-0.1, -0.05) is 24.3 Å². The van der Waals surface area contributed by atoms with Crippen LogP contribution < -0.4 is 9.47 Å². The molecule has 1 amide bonds. The Bertz CT molecular complexity index is 968. The van der Waals surface area contributed by atoms with Gasteiger partial charge in [0.25, 0.3) is 11.7 Å². The summed E-state index contributed by atoms with van der Waals surface area (Å²) in [5, 5.41) is 11.1. The molecule has 1 N–H and O–H groups in total. The van der Waals surface area contributed by atoms with Crippen LogP contribution in [-0.4, -0.2) is 56.2 Å². The Kier molecular flexibility index (Phi) is 6.74. The monoisotopic (exact) mass is 411 g/mol. The smallest absolute Gasteiger partial charge is 0.295 e. The van der Waals surface area contributed by atoms with E-state index in [0.717, 1.165) is 0 Å². The Morgan fingerprint density at radius 2 is 1.80 bits per heavy atom. The zero-order valence-electron chi connectivity index (χ0n) is 17.3. The Hall–Kier alpha value is -3.32. The summed E-state index contributed by atoms with van der Waals surface area (Å²) in [4.78, 5) is 27.3. The molecule has 30 heavy (non-hydrogen) atoms. The maximum absolute atomic E-state index is 13.0. The Balaban J connectivity index is 2.17. The van der Waals surface area contributed by atoms with Crippen molar-refractivity contribution in [3.8, 4) is 11.5 Å². The molecule has 0 radical (unpaired) electrons. The number of para-hydroxylation sites is 1. The summed E-state index contributed by atoms with van der Waals surface area (Å²) in [6.45, 7) is 0.753. The summed E-state index contributed by atoms with van der Waals surface area (Å²) in [6, 6.07) is 13.2. The number of aliphatic hydroxyl groups is 1. The van der Waals surface area contributed by atoms with E-state index in [4.69, 9.17) is 14.2 Å². The number of methoxy groups -OCH3 is 3. The van der Waals surface area contributed by atoms with Gasteiger partial charge in [-0.3, -0.25) is 9.59 Å². The van der Waals surface area contributed by atoms with Crippen molar-refractivity contribution < 1.29 is 28.9 Å². The third kappa shape index (κ3) is 4.02. The second-order valence-electron chi connectivity index (χ2n) is 6.82. The van der Waals surface area contributed by atoms with E-state index in [1.54, 1.807) is 62.8 Å². The third-order valence-electron chi connectivity index (χ3n) is 5.06. The van der Waals surface area contributed by atoms with Crippen molar-refractivity contribution in [3.05, 3.63) is 65.2 Å². The summed E-state index contributed by atoms with van der Waals surface area (Å²) >= 11 is 0. The van der Waals surface area contributed by atoms with E-state index in [9.17, 15) is 14.7 Å². The summed E-state index contributed by atoms with van der Waals surface area (Å²) in [5.41, 5.74) is 1.04. The summed E-state index contributed by atoms with van der Waals surface area (Å²) in [5.74, 6) is -0.663. The fourth-order valence-electron chi connectivity index (χ4n) is 3.63. The van der Waals surface area contributed by atoms with E-state index in [1.807, 2.05) is 0 Å². The first-order chi connectivity index (χ1) is 14.5. The zero-order valence-corrected chi connectivity index (χ0v) is 17.3. The van der Waals surface area contributed by atoms with Gasteiger partial charge >= 0.3 is 0 Å². The van der Waals surface area contributed by atoms with E-state index >= 15 is 0 Å². The van der Waals surface area contributed by atoms with E-state index in [1.165, 1.54) is 12.0 Å². The predicted octanol–water partition coefficient (Wildman–Crippen LogP) is 3.16. The maximum atomic E-state index is 13.0. The van der Waals surface area contributed by atoms with Crippen LogP contribution in [0, 0.1) is 0 Å². The lowest BCUT2D eigenvalue weighted by Gasteiger charge is -2.25. The molecule has 0 aliphatic carbocycles. The van der Waals surface area contributed by atoms with Crippen LogP contribution in [0.25, 0.3) is 5.76 Å². The second-order valence-corrected chi connectivity index (χ2v) is 6.82. The van der Waals surface area contributed by atoms with E-state index in [2.05, 4.69) is 0 Å². The molecule has 3 rings (SSSR count). The van der Waals surface area contributed by atoms with Crippen molar-refractivity contribution in [1.82, 2.24) is 4.90 Å². The average Bonchev–Trinajstić information content (AvgIpc) is 3.03. The van der Waals surface area contributed by atoms with Gasteiger partial charge in [-0.05, 0) is 36.2 Å². The van der Waals surface area contributed by atoms with Gasteiger partial charge in [-0.15, -0.1) is 0 Å². The Labute approximate surface area is 175 Å². The molecular formula is C23H25NO6. The highest BCUT2D eigenvalue weighted by molar-refractivity contribution is 6.46. The fraction of sp³-hybridized carbons (Fsp3) is 0.304. The molecule has 0 bridgehead atoms. The topological polar surface area (TPSA) is 85.3 Å². The minimum Gasteiger partial charge on any atom is -0.507 e. The molecule has 1 unspecified atom stereocenters. The highest BCUT2D eigenvalue weighted by Gasteiger charge is 2.46. The molecule has 0 saturated carbocycles. The lowest BCUT2D eigenvalue weighted by molar-refractivity contribution is -0.140. The standard InChI is InChI=1S/C23H25NO6/c1-28-13-7-12-24-20(15-8-6-9-16(14-15)29-2)19(22(26)23(24)27)21(25)17-10-4-5-11-18(17)30-3/h4-6,8-11,14,20,25H,7,12-13H2,1-3H3/b21-19-. The van der Waals surface area contributed by atoms with Gasteiger partial charge in [-0.25, -0.2) is 0 Å². The molecule has 1 fully saturated rings. The van der Waals surface area contributed by atoms with Gasteiger partial charge in [0.05, 0.1) is 31.4 Å². The van der Waals surface area contributed by atoms with Crippen molar-refractivity contribution in [2.45, 2.75) is 12.5 Å².